The molecule has 1 aromatic carbocycles. The molecule has 0 N–H and O–H groups in total. The Kier molecular flexibility index (Phi) is 2.91. The smallest absolute Gasteiger partial charge is 0.312 e. The number of aromatic nitrogens is 2. The van der Waals surface area contributed by atoms with Crippen LogP contribution in [-0.4, -0.2) is 50.9 Å². The van der Waals surface area contributed by atoms with Crippen LogP contribution in [0.5, 0.6) is 0 Å². The fourth-order valence-electron chi connectivity index (χ4n) is 3.04. The van der Waals surface area contributed by atoms with Crippen molar-refractivity contribution in [1.29, 1.82) is 0 Å². The summed E-state index contributed by atoms with van der Waals surface area (Å²) in [7, 11) is 0. The number of hydrogen-bond acceptors (Lipinski definition) is 4. The third-order valence-corrected chi connectivity index (χ3v) is 4.69. The maximum Gasteiger partial charge on any atom is 0.312 e. The summed E-state index contributed by atoms with van der Waals surface area (Å²) in [5, 5.41) is 8.06. The van der Waals surface area contributed by atoms with Gasteiger partial charge in [0.25, 0.3) is 0 Å². The molecule has 6 nitrogen and oxygen atoms in total. The summed E-state index contributed by atoms with van der Waals surface area (Å²) in [4.78, 5) is 27.9. The van der Waals surface area contributed by atoms with Gasteiger partial charge in [0.15, 0.2) is 0 Å². The maximum atomic E-state index is 12.4. The first-order valence-corrected chi connectivity index (χ1v) is 8.29. The predicted octanol–water partition coefficient (Wildman–Crippen LogP) is 1.87. The molecule has 0 bridgehead atoms. The Morgan fingerprint density at radius 2 is 1.84 bits per heavy atom. The van der Waals surface area contributed by atoms with Crippen LogP contribution in [0, 0.1) is 0 Å². The normalized spacial score (nSPS) is 21.2. The second-order valence-electron chi connectivity index (χ2n) is 6.22. The van der Waals surface area contributed by atoms with Crippen molar-refractivity contribution in [3.05, 3.63) is 48.0 Å². The van der Waals surface area contributed by atoms with E-state index in [4.69, 9.17) is 6.85 Å². The summed E-state index contributed by atoms with van der Waals surface area (Å²) in [6, 6.07) is 1.22. The summed E-state index contributed by atoms with van der Waals surface area (Å²) in [5.74, 6) is -1.03. The Bertz CT molecular complexity index is 998. The predicted molar refractivity (Wildman–Crippen MR) is 92.2 cm³/mol. The molecule has 1 aliphatic heterocycles. The van der Waals surface area contributed by atoms with Crippen LogP contribution in [-0.2, 0) is 16.1 Å². The molecule has 4 rings (SSSR count). The van der Waals surface area contributed by atoms with E-state index in [-0.39, 0.29) is 35.9 Å². The lowest BCUT2D eigenvalue weighted by Gasteiger charge is -2.42. The summed E-state index contributed by atoms with van der Waals surface area (Å²) in [6.45, 7) is 1.05. The van der Waals surface area contributed by atoms with E-state index in [2.05, 4.69) is 10.2 Å². The number of amides is 2. The van der Waals surface area contributed by atoms with Crippen molar-refractivity contribution >= 4 is 11.8 Å². The third-order valence-electron chi connectivity index (χ3n) is 4.69. The van der Waals surface area contributed by atoms with Crippen LogP contribution in [0.15, 0.2) is 42.3 Å². The van der Waals surface area contributed by atoms with Gasteiger partial charge < -0.3 is 9.80 Å². The average molecular weight is 341 g/mol. The monoisotopic (exact) mass is 341 g/mol. The van der Waals surface area contributed by atoms with Crippen molar-refractivity contribution in [2.24, 2.45) is 0 Å². The summed E-state index contributed by atoms with van der Waals surface area (Å²) < 4.78 is 39.2. The topological polar surface area (TPSA) is 66.4 Å². The van der Waals surface area contributed by atoms with E-state index < -0.39 is 29.9 Å². The standard InChI is InChI=1S/C19H20N4O2/c24-18-19(25)23(16-7-4-8-16)12-11-22(18)13-15-9-10-17(21-20-15)14-5-2-1-3-6-14/h1-3,5-6,9-10,16H,4,7-8,11-13H2/i1D,2D,3D,5D,6D. The highest BCUT2D eigenvalue weighted by molar-refractivity contribution is 6.35. The minimum absolute atomic E-state index is 0.0274. The molecule has 6 heteroatoms. The van der Waals surface area contributed by atoms with Crippen LogP contribution in [0.1, 0.15) is 31.8 Å². The molecule has 0 radical (unpaired) electrons. The largest absolute Gasteiger partial charge is 0.330 e. The highest BCUT2D eigenvalue weighted by Gasteiger charge is 2.38. The van der Waals surface area contributed by atoms with Gasteiger partial charge in [0.1, 0.15) is 0 Å². The molecule has 2 aromatic rings. The minimum Gasteiger partial charge on any atom is -0.330 e. The highest BCUT2D eigenvalue weighted by atomic mass is 16.2. The van der Waals surface area contributed by atoms with Crippen molar-refractivity contribution < 1.29 is 16.4 Å². The SMILES string of the molecule is [2H]c1c([2H])c([2H])c(-c2ccc(CN3CCN(C4CCC4)C(=O)C3=O)nn2)c([2H])c1[2H]. The van der Waals surface area contributed by atoms with Gasteiger partial charge in [0, 0.05) is 24.7 Å². The van der Waals surface area contributed by atoms with Crippen LogP contribution in [0.2, 0.25) is 0 Å². The van der Waals surface area contributed by atoms with E-state index in [9.17, 15) is 9.59 Å². The van der Waals surface area contributed by atoms with Gasteiger partial charge in [-0.15, -0.1) is 0 Å². The number of piperazine rings is 1. The van der Waals surface area contributed by atoms with E-state index in [0.29, 0.717) is 18.8 Å². The Morgan fingerprint density at radius 3 is 2.48 bits per heavy atom. The molecule has 2 aliphatic rings. The molecule has 2 fully saturated rings. The zero-order valence-electron chi connectivity index (χ0n) is 18.6. The van der Waals surface area contributed by atoms with Crippen molar-refractivity contribution in [3.8, 4) is 11.3 Å². The summed E-state index contributed by atoms with van der Waals surface area (Å²) in [5.41, 5.74) is 0.567. The molecule has 25 heavy (non-hydrogen) atoms. The molecule has 1 saturated carbocycles. The molecule has 128 valence electrons. The first kappa shape index (κ1) is 11.0. The molecular formula is C19H20N4O2. The number of nitrogens with zero attached hydrogens (tertiary/aromatic N) is 4. The van der Waals surface area contributed by atoms with Gasteiger partial charge in [-0.05, 0) is 31.4 Å². The Balaban J connectivity index is 1.51. The first-order valence-electron chi connectivity index (χ1n) is 10.8. The number of hydrogen-bond donors (Lipinski definition) is 0. The molecule has 2 heterocycles. The van der Waals surface area contributed by atoms with Gasteiger partial charge in [-0.2, -0.15) is 10.2 Å². The molecular weight excluding hydrogens is 316 g/mol. The second kappa shape index (κ2) is 6.63. The van der Waals surface area contributed by atoms with Gasteiger partial charge in [-0.25, -0.2) is 0 Å². The van der Waals surface area contributed by atoms with E-state index >= 15 is 0 Å². The molecule has 2 amide bonds. The number of benzene rings is 1. The molecule has 0 atom stereocenters. The van der Waals surface area contributed by atoms with Crippen molar-refractivity contribution in [1.82, 2.24) is 20.0 Å². The van der Waals surface area contributed by atoms with E-state index in [1.54, 1.807) is 11.0 Å². The number of carbonyl (C=O) groups excluding carboxylic acids is 2. The Labute approximate surface area is 153 Å². The quantitative estimate of drug-likeness (QED) is 0.796. The van der Waals surface area contributed by atoms with E-state index in [1.165, 1.54) is 11.0 Å². The Morgan fingerprint density at radius 1 is 1.04 bits per heavy atom. The van der Waals surface area contributed by atoms with Crippen LogP contribution in [0.3, 0.4) is 0 Å². The third kappa shape index (κ3) is 3.12. The minimum atomic E-state index is -0.551. The highest BCUT2D eigenvalue weighted by Crippen LogP contribution is 2.26. The van der Waals surface area contributed by atoms with Crippen molar-refractivity contribution in [3.63, 3.8) is 0 Å². The van der Waals surface area contributed by atoms with Gasteiger partial charge >= 0.3 is 11.8 Å². The van der Waals surface area contributed by atoms with Crippen molar-refractivity contribution in [2.45, 2.75) is 31.8 Å². The van der Waals surface area contributed by atoms with Crippen LogP contribution >= 0.6 is 0 Å². The molecule has 1 saturated heterocycles. The molecule has 1 aromatic heterocycles. The van der Waals surface area contributed by atoms with Crippen LogP contribution < -0.4 is 0 Å². The number of carbonyl (C=O) groups is 2. The first-order chi connectivity index (χ1) is 14.3. The average Bonchev–Trinajstić information content (AvgIpc) is 2.70. The molecule has 1 aliphatic carbocycles. The lowest BCUT2D eigenvalue weighted by molar-refractivity contribution is -0.159. The summed E-state index contributed by atoms with van der Waals surface area (Å²) >= 11 is 0. The lowest BCUT2D eigenvalue weighted by atomic mass is 9.91. The lowest BCUT2D eigenvalue weighted by Crippen LogP contribution is -2.58. The van der Waals surface area contributed by atoms with Gasteiger partial charge in [0.2, 0.25) is 0 Å². The zero-order chi connectivity index (χ0) is 21.6. The van der Waals surface area contributed by atoms with Crippen molar-refractivity contribution in [2.75, 3.05) is 13.1 Å². The summed E-state index contributed by atoms with van der Waals surface area (Å²) in [6.07, 6.45) is 2.98. The van der Waals surface area contributed by atoms with Crippen LogP contribution in [0.4, 0.5) is 0 Å². The molecule has 0 unspecified atom stereocenters. The van der Waals surface area contributed by atoms with E-state index in [0.717, 1.165) is 19.3 Å². The van der Waals surface area contributed by atoms with Gasteiger partial charge in [0.05, 0.1) is 24.8 Å². The van der Waals surface area contributed by atoms with E-state index in [1.807, 2.05) is 0 Å². The fourth-order valence-corrected chi connectivity index (χ4v) is 3.04. The zero-order valence-corrected chi connectivity index (χ0v) is 13.6. The fraction of sp³-hybridized carbons (Fsp3) is 0.368. The van der Waals surface area contributed by atoms with Crippen LogP contribution in [0.25, 0.3) is 11.3 Å². The van der Waals surface area contributed by atoms with Gasteiger partial charge in [-0.3, -0.25) is 9.59 Å². The number of rotatable bonds is 4. The maximum absolute atomic E-state index is 12.4. The second-order valence-corrected chi connectivity index (χ2v) is 6.22. The molecule has 0 spiro atoms. The Hall–Kier alpha value is -2.76. The van der Waals surface area contributed by atoms with Gasteiger partial charge in [-0.1, -0.05) is 30.2 Å².